The quantitative estimate of drug-likeness (QED) is 0.528. The Morgan fingerprint density at radius 2 is 1.82 bits per heavy atom. The first-order valence-electron chi connectivity index (χ1n) is 6.77. The summed E-state index contributed by atoms with van der Waals surface area (Å²) in [6, 6.07) is 0. The van der Waals surface area contributed by atoms with Crippen molar-refractivity contribution in [2.24, 2.45) is 17.8 Å². The van der Waals surface area contributed by atoms with Gasteiger partial charge in [-0.05, 0) is 18.3 Å². The summed E-state index contributed by atoms with van der Waals surface area (Å²) in [5.41, 5.74) is 0. The van der Waals surface area contributed by atoms with Gasteiger partial charge < -0.3 is 0 Å². The number of carbonyl (C=O) groups excluding carboxylic acids is 2. The number of hydrogen-bond donors (Lipinski definition) is 0. The molecular formula is C14H25NO2. The SMILES string of the molecule is CC(C)CCCCN1C(=O)CC(C(C)C)C1=O. The molecule has 1 fully saturated rings. The van der Waals surface area contributed by atoms with Crippen molar-refractivity contribution in [2.45, 2.75) is 53.4 Å². The van der Waals surface area contributed by atoms with Crippen molar-refractivity contribution in [1.29, 1.82) is 0 Å². The zero-order valence-electron chi connectivity index (χ0n) is 11.5. The van der Waals surface area contributed by atoms with Gasteiger partial charge in [0.25, 0.3) is 0 Å². The van der Waals surface area contributed by atoms with Crippen molar-refractivity contribution in [3.63, 3.8) is 0 Å². The number of carbonyl (C=O) groups is 2. The van der Waals surface area contributed by atoms with Crippen LogP contribution in [0, 0.1) is 17.8 Å². The third kappa shape index (κ3) is 3.83. The first kappa shape index (κ1) is 14.2. The first-order valence-corrected chi connectivity index (χ1v) is 6.77. The topological polar surface area (TPSA) is 37.4 Å². The van der Waals surface area contributed by atoms with Gasteiger partial charge in [0.1, 0.15) is 0 Å². The molecule has 0 radical (unpaired) electrons. The van der Waals surface area contributed by atoms with Crippen molar-refractivity contribution in [1.82, 2.24) is 4.90 Å². The van der Waals surface area contributed by atoms with E-state index in [9.17, 15) is 9.59 Å². The lowest BCUT2D eigenvalue weighted by molar-refractivity contribution is -0.139. The Balaban J connectivity index is 2.38. The molecule has 1 aliphatic rings. The molecule has 1 aliphatic heterocycles. The maximum atomic E-state index is 12.0. The maximum Gasteiger partial charge on any atom is 0.233 e. The third-order valence-corrected chi connectivity index (χ3v) is 3.50. The molecule has 3 nitrogen and oxygen atoms in total. The molecule has 1 saturated heterocycles. The van der Waals surface area contributed by atoms with Crippen LogP contribution in [0.4, 0.5) is 0 Å². The van der Waals surface area contributed by atoms with Gasteiger partial charge >= 0.3 is 0 Å². The molecule has 0 N–H and O–H groups in total. The zero-order valence-corrected chi connectivity index (χ0v) is 11.5. The fraction of sp³-hybridized carbons (Fsp3) is 0.857. The van der Waals surface area contributed by atoms with E-state index in [0.717, 1.165) is 12.8 Å². The van der Waals surface area contributed by atoms with Crippen LogP contribution in [-0.4, -0.2) is 23.3 Å². The number of unbranched alkanes of at least 4 members (excludes halogenated alkanes) is 1. The van der Waals surface area contributed by atoms with Gasteiger partial charge in [-0.1, -0.05) is 40.5 Å². The lowest BCUT2D eigenvalue weighted by Crippen LogP contribution is -2.32. The van der Waals surface area contributed by atoms with Crippen molar-refractivity contribution in [3.05, 3.63) is 0 Å². The molecule has 1 heterocycles. The largest absolute Gasteiger partial charge is 0.282 e. The number of imide groups is 1. The normalized spacial score (nSPS) is 21.1. The van der Waals surface area contributed by atoms with Crippen LogP contribution in [0.5, 0.6) is 0 Å². The summed E-state index contributed by atoms with van der Waals surface area (Å²) in [5.74, 6) is 0.968. The van der Waals surface area contributed by atoms with E-state index < -0.39 is 0 Å². The summed E-state index contributed by atoms with van der Waals surface area (Å²) < 4.78 is 0. The Labute approximate surface area is 105 Å². The predicted molar refractivity (Wildman–Crippen MR) is 68.4 cm³/mol. The van der Waals surface area contributed by atoms with Crippen molar-refractivity contribution < 1.29 is 9.59 Å². The minimum Gasteiger partial charge on any atom is -0.282 e. The summed E-state index contributed by atoms with van der Waals surface area (Å²) in [6.07, 6.45) is 3.63. The Morgan fingerprint density at radius 1 is 1.18 bits per heavy atom. The van der Waals surface area contributed by atoms with Crippen LogP contribution in [0.25, 0.3) is 0 Å². The van der Waals surface area contributed by atoms with Crippen LogP contribution >= 0.6 is 0 Å². The molecule has 2 amide bonds. The monoisotopic (exact) mass is 239 g/mol. The Morgan fingerprint density at radius 3 is 2.29 bits per heavy atom. The van der Waals surface area contributed by atoms with Gasteiger partial charge in [0, 0.05) is 18.9 Å². The number of amides is 2. The first-order chi connectivity index (χ1) is 7.93. The van der Waals surface area contributed by atoms with Gasteiger partial charge in [-0.2, -0.15) is 0 Å². The second-order valence-electron chi connectivity index (χ2n) is 5.83. The van der Waals surface area contributed by atoms with E-state index in [1.165, 1.54) is 11.3 Å². The second-order valence-corrected chi connectivity index (χ2v) is 5.83. The van der Waals surface area contributed by atoms with Gasteiger partial charge in [0.2, 0.25) is 11.8 Å². The highest BCUT2D eigenvalue weighted by Crippen LogP contribution is 2.26. The number of nitrogens with zero attached hydrogens (tertiary/aromatic N) is 1. The number of rotatable bonds is 6. The van der Waals surface area contributed by atoms with Gasteiger partial charge in [0.05, 0.1) is 0 Å². The van der Waals surface area contributed by atoms with Crippen LogP contribution in [0.3, 0.4) is 0 Å². The van der Waals surface area contributed by atoms with Crippen molar-refractivity contribution in [2.75, 3.05) is 6.54 Å². The summed E-state index contributed by atoms with van der Waals surface area (Å²) in [6.45, 7) is 9.03. The molecular weight excluding hydrogens is 214 g/mol. The van der Waals surface area contributed by atoms with Crippen LogP contribution in [-0.2, 0) is 9.59 Å². The Bertz CT molecular complexity index is 284. The lowest BCUT2D eigenvalue weighted by atomic mass is 9.94. The average molecular weight is 239 g/mol. The summed E-state index contributed by atoms with van der Waals surface area (Å²) >= 11 is 0. The van der Waals surface area contributed by atoms with Gasteiger partial charge in [-0.3, -0.25) is 14.5 Å². The summed E-state index contributed by atoms with van der Waals surface area (Å²) in [5, 5.41) is 0. The molecule has 0 aromatic heterocycles. The van der Waals surface area contributed by atoms with E-state index in [2.05, 4.69) is 13.8 Å². The van der Waals surface area contributed by atoms with Gasteiger partial charge in [-0.25, -0.2) is 0 Å². The van der Waals surface area contributed by atoms with E-state index >= 15 is 0 Å². The standard InChI is InChI=1S/C14H25NO2/c1-10(2)7-5-6-8-15-13(16)9-12(11(3)4)14(15)17/h10-12H,5-9H2,1-4H3. The van der Waals surface area contributed by atoms with Crippen LogP contribution < -0.4 is 0 Å². The van der Waals surface area contributed by atoms with Crippen molar-refractivity contribution in [3.8, 4) is 0 Å². The third-order valence-electron chi connectivity index (χ3n) is 3.50. The van der Waals surface area contributed by atoms with Crippen LogP contribution in [0.15, 0.2) is 0 Å². The fourth-order valence-electron chi connectivity index (χ4n) is 2.29. The van der Waals surface area contributed by atoms with E-state index in [-0.39, 0.29) is 23.7 Å². The average Bonchev–Trinajstić information content (AvgIpc) is 2.50. The molecule has 0 saturated carbocycles. The minimum absolute atomic E-state index is 0.0262. The molecule has 0 spiro atoms. The molecule has 1 unspecified atom stereocenters. The molecule has 0 aromatic rings. The fourth-order valence-corrected chi connectivity index (χ4v) is 2.29. The smallest absolute Gasteiger partial charge is 0.233 e. The van der Waals surface area contributed by atoms with E-state index in [1.807, 2.05) is 13.8 Å². The number of hydrogen-bond acceptors (Lipinski definition) is 2. The second kappa shape index (κ2) is 6.18. The predicted octanol–water partition coefficient (Wildman–Crippen LogP) is 2.84. The van der Waals surface area contributed by atoms with Crippen LogP contribution in [0.2, 0.25) is 0 Å². The highest BCUT2D eigenvalue weighted by Gasteiger charge is 2.39. The maximum absolute atomic E-state index is 12.0. The Hall–Kier alpha value is -0.860. The molecule has 1 atom stereocenters. The van der Waals surface area contributed by atoms with Gasteiger partial charge in [0.15, 0.2) is 0 Å². The number of likely N-dealkylation sites (tertiary alicyclic amines) is 1. The molecule has 0 bridgehead atoms. The minimum atomic E-state index is -0.0763. The molecule has 3 heteroatoms. The van der Waals surface area contributed by atoms with E-state index in [0.29, 0.717) is 18.9 Å². The lowest BCUT2D eigenvalue weighted by Gasteiger charge is -2.16. The molecule has 98 valence electrons. The van der Waals surface area contributed by atoms with E-state index in [4.69, 9.17) is 0 Å². The highest BCUT2D eigenvalue weighted by atomic mass is 16.2. The zero-order chi connectivity index (χ0) is 13.0. The van der Waals surface area contributed by atoms with Gasteiger partial charge in [-0.15, -0.1) is 0 Å². The molecule has 1 rings (SSSR count). The highest BCUT2D eigenvalue weighted by molar-refractivity contribution is 6.03. The van der Waals surface area contributed by atoms with Crippen LogP contribution in [0.1, 0.15) is 53.4 Å². The molecule has 0 aromatic carbocycles. The summed E-state index contributed by atoms with van der Waals surface area (Å²) in [4.78, 5) is 25.2. The molecule has 17 heavy (non-hydrogen) atoms. The van der Waals surface area contributed by atoms with E-state index in [1.54, 1.807) is 0 Å². The van der Waals surface area contributed by atoms with Crippen molar-refractivity contribution >= 4 is 11.8 Å². The molecule has 0 aliphatic carbocycles. The Kier molecular flexibility index (Phi) is 5.16. The summed E-state index contributed by atoms with van der Waals surface area (Å²) in [7, 11) is 0.